The van der Waals surface area contributed by atoms with Crippen LogP contribution in [0.3, 0.4) is 0 Å². The summed E-state index contributed by atoms with van der Waals surface area (Å²) in [6.07, 6.45) is 0. The van der Waals surface area contributed by atoms with Crippen LogP contribution in [0.4, 0.5) is 8.78 Å². The molecule has 0 saturated carbocycles. The summed E-state index contributed by atoms with van der Waals surface area (Å²) in [7, 11) is 0. The Hall–Kier alpha value is -1.74. The SMILES string of the molecule is Cc1ccccc1C(N)c1ccc(F)c(F)c1. The Morgan fingerprint density at radius 1 is 1.00 bits per heavy atom. The van der Waals surface area contributed by atoms with Crippen molar-refractivity contribution < 1.29 is 8.78 Å². The third-order valence-electron chi connectivity index (χ3n) is 2.83. The van der Waals surface area contributed by atoms with Crippen LogP contribution in [0.5, 0.6) is 0 Å². The number of benzene rings is 2. The normalized spacial score (nSPS) is 12.5. The van der Waals surface area contributed by atoms with Crippen molar-refractivity contribution in [1.82, 2.24) is 0 Å². The van der Waals surface area contributed by atoms with Crippen LogP contribution in [0, 0.1) is 18.6 Å². The number of hydrogen-bond donors (Lipinski definition) is 1. The minimum Gasteiger partial charge on any atom is -0.320 e. The quantitative estimate of drug-likeness (QED) is 0.846. The molecule has 0 amide bonds. The Morgan fingerprint density at radius 3 is 2.35 bits per heavy atom. The van der Waals surface area contributed by atoms with E-state index in [0.29, 0.717) is 5.56 Å². The summed E-state index contributed by atoms with van der Waals surface area (Å²) in [4.78, 5) is 0. The van der Waals surface area contributed by atoms with Crippen LogP contribution in [-0.2, 0) is 0 Å². The van der Waals surface area contributed by atoms with E-state index in [1.165, 1.54) is 6.07 Å². The van der Waals surface area contributed by atoms with Crippen molar-refractivity contribution in [2.45, 2.75) is 13.0 Å². The second-order valence-corrected chi connectivity index (χ2v) is 4.01. The Balaban J connectivity index is 2.40. The molecule has 0 aliphatic heterocycles. The third kappa shape index (κ3) is 2.34. The fraction of sp³-hybridized carbons (Fsp3) is 0.143. The van der Waals surface area contributed by atoms with Gasteiger partial charge in [-0.25, -0.2) is 8.78 Å². The second-order valence-electron chi connectivity index (χ2n) is 4.01. The van der Waals surface area contributed by atoms with E-state index < -0.39 is 17.7 Å². The van der Waals surface area contributed by atoms with Crippen LogP contribution in [0.15, 0.2) is 42.5 Å². The minimum absolute atomic E-state index is 0.439. The maximum absolute atomic E-state index is 13.1. The van der Waals surface area contributed by atoms with Crippen LogP contribution >= 0.6 is 0 Å². The highest BCUT2D eigenvalue weighted by atomic mass is 19.2. The molecule has 17 heavy (non-hydrogen) atoms. The first-order valence-corrected chi connectivity index (χ1v) is 5.35. The lowest BCUT2D eigenvalue weighted by atomic mass is 9.96. The summed E-state index contributed by atoms with van der Waals surface area (Å²) in [5.74, 6) is -1.72. The van der Waals surface area contributed by atoms with Gasteiger partial charge in [0.05, 0.1) is 6.04 Å². The molecular formula is C14H13F2N. The van der Waals surface area contributed by atoms with Crippen molar-refractivity contribution in [1.29, 1.82) is 0 Å². The van der Waals surface area contributed by atoms with Gasteiger partial charge in [0, 0.05) is 0 Å². The molecule has 0 heterocycles. The van der Waals surface area contributed by atoms with Gasteiger partial charge in [0.15, 0.2) is 11.6 Å². The van der Waals surface area contributed by atoms with Crippen molar-refractivity contribution in [3.63, 3.8) is 0 Å². The summed E-state index contributed by atoms with van der Waals surface area (Å²) in [5, 5.41) is 0. The molecular weight excluding hydrogens is 220 g/mol. The highest BCUT2D eigenvalue weighted by Gasteiger charge is 2.13. The zero-order chi connectivity index (χ0) is 12.4. The average Bonchev–Trinajstić information content (AvgIpc) is 2.32. The number of halogens is 2. The summed E-state index contributed by atoms with van der Waals surface area (Å²) >= 11 is 0. The first-order chi connectivity index (χ1) is 8.09. The molecule has 1 atom stereocenters. The second kappa shape index (κ2) is 4.63. The minimum atomic E-state index is -0.869. The lowest BCUT2D eigenvalue weighted by molar-refractivity contribution is 0.506. The lowest BCUT2D eigenvalue weighted by Gasteiger charge is -2.15. The first-order valence-electron chi connectivity index (χ1n) is 5.35. The van der Waals surface area contributed by atoms with Crippen LogP contribution in [0.2, 0.25) is 0 Å². The molecule has 0 aromatic heterocycles. The summed E-state index contributed by atoms with van der Waals surface area (Å²) in [6.45, 7) is 1.94. The van der Waals surface area contributed by atoms with Gasteiger partial charge in [-0.15, -0.1) is 0 Å². The molecule has 1 unspecified atom stereocenters. The molecule has 0 radical (unpaired) electrons. The lowest BCUT2D eigenvalue weighted by Crippen LogP contribution is -2.13. The molecule has 2 aromatic rings. The Bertz CT molecular complexity index is 537. The maximum atomic E-state index is 13.1. The topological polar surface area (TPSA) is 26.0 Å². The summed E-state index contributed by atoms with van der Waals surface area (Å²) in [5.41, 5.74) is 8.56. The van der Waals surface area contributed by atoms with Gasteiger partial charge in [-0.2, -0.15) is 0 Å². The first kappa shape index (κ1) is 11.7. The van der Waals surface area contributed by atoms with Gasteiger partial charge in [0.25, 0.3) is 0 Å². The Kier molecular flexibility index (Phi) is 3.20. The van der Waals surface area contributed by atoms with Crippen molar-refractivity contribution in [2.24, 2.45) is 5.73 Å². The van der Waals surface area contributed by atoms with Crippen molar-refractivity contribution in [2.75, 3.05) is 0 Å². The Labute approximate surface area is 98.9 Å². The molecule has 2 rings (SSSR count). The predicted octanol–water partition coefficient (Wildman–Crippen LogP) is 3.32. The average molecular weight is 233 g/mol. The molecule has 0 spiro atoms. The molecule has 0 aliphatic carbocycles. The molecule has 0 bridgehead atoms. The van der Waals surface area contributed by atoms with E-state index in [-0.39, 0.29) is 0 Å². The fourth-order valence-corrected chi connectivity index (χ4v) is 1.82. The number of nitrogens with two attached hydrogens (primary N) is 1. The van der Waals surface area contributed by atoms with E-state index in [2.05, 4.69) is 0 Å². The van der Waals surface area contributed by atoms with Gasteiger partial charge in [0.2, 0.25) is 0 Å². The molecule has 2 N–H and O–H groups in total. The van der Waals surface area contributed by atoms with E-state index in [1.54, 1.807) is 0 Å². The number of aryl methyl sites for hydroxylation is 1. The molecule has 0 aliphatic rings. The molecule has 3 heteroatoms. The van der Waals surface area contributed by atoms with E-state index in [9.17, 15) is 8.78 Å². The van der Waals surface area contributed by atoms with Crippen LogP contribution in [-0.4, -0.2) is 0 Å². The van der Waals surface area contributed by atoms with Crippen molar-refractivity contribution in [3.05, 3.63) is 70.8 Å². The van der Waals surface area contributed by atoms with Gasteiger partial charge in [0.1, 0.15) is 0 Å². The summed E-state index contributed by atoms with van der Waals surface area (Å²) < 4.78 is 26.0. The zero-order valence-corrected chi connectivity index (χ0v) is 9.45. The van der Waals surface area contributed by atoms with Gasteiger partial charge in [-0.05, 0) is 35.7 Å². The van der Waals surface area contributed by atoms with Gasteiger partial charge in [-0.3, -0.25) is 0 Å². The van der Waals surface area contributed by atoms with Crippen molar-refractivity contribution >= 4 is 0 Å². The highest BCUT2D eigenvalue weighted by Crippen LogP contribution is 2.23. The van der Waals surface area contributed by atoms with E-state index in [4.69, 9.17) is 5.73 Å². The zero-order valence-electron chi connectivity index (χ0n) is 9.45. The van der Waals surface area contributed by atoms with Crippen LogP contribution in [0.25, 0.3) is 0 Å². The van der Waals surface area contributed by atoms with E-state index in [1.807, 2.05) is 31.2 Å². The predicted molar refractivity (Wildman–Crippen MR) is 63.6 cm³/mol. The van der Waals surface area contributed by atoms with Crippen LogP contribution in [0.1, 0.15) is 22.7 Å². The van der Waals surface area contributed by atoms with Gasteiger partial charge >= 0.3 is 0 Å². The van der Waals surface area contributed by atoms with Gasteiger partial charge < -0.3 is 5.73 Å². The molecule has 88 valence electrons. The largest absolute Gasteiger partial charge is 0.320 e. The smallest absolute Gasteiger partial charge is 0.159 e. The molecule has 1 nitrogen and oxygen atoms in total. The molecule has 0 saturated heterocycles. The monoisotopic (exact) mass is 233 g/mol. The van der Waals surface area contributed by atoms with Crippen LogP contribution < -0.4 is 5.73 Å². The maximum Gasteiger partial charge on any atom is 0.159 e. The van der Waals surface area contributed by atoms with E-state index >= 15 is 0 Å². The fourth-order valence-electron chi connectivity index (χ4n) is 1.82. The number of hydrogen-bond acceptors (Lipinski definition) is 1. The standard InChI is InChI=1S/C14H13F2N/c1-9-4-2-3-5-11(9)14(17)10-6-7-12(15)13(16)8-10/h2-8,14H,17H2,1H3. The summed E-state index contributed by atoms with van der Waals surface area (Å²) in [6, 6.07) is 10.9. The van der Waals surface area contributed by atoms with E-state index in [0.717, 1.165) is 23.3 Å². The third-order valence-corrected chi connectivity index (χ3v) is 2.83. The Morgan fingerprint density at radius 2 is 1.71 bits per heavy atom. The highest BCUT2D eigenvalue weighted by molar-refractivity contribution is 5.36. The molecule has 2 aromatic carbocycles. The number of rotatable bonds is 2. The molecule has 0 fully saturated rings. The van der Waals surface area contributed by atoms with Crippen molar-refractivity contribution in [3.8, 4) is 0 Å². The van der Waals surface area contributed by atoms with Gasteiger partial charge in [-0.1, -0.05) is 30.3 Å².